The number of rotatable bonds is 2. The Hall–Kier alpha value is -1.47. The predicted octanol–water partition coefficient (Wildman–Crippen LogP) is 5.09. The highest BCUT2D eigenvalue weighted by atomic mass is 16.7. The first-order valence-corrected chi connectivity index (χ1v) is 15.1. The van der Waals surface area contributed by atoms with Crippen molar-refractivity contribution in [1.82, 2.24) is 0 Å². The van der Waals surface area contributed by atoms with E-state index in [9.17, 15) is 14.4 Å². The largest absolute Gasteiger partial charge is 0.463 e. The highest BCUT2D eigenvalue weighted by Crippen LogP contribution is 2.71. The summed E-state index contributed by atoms with van der Waals surface area (Å²) in [5, 5.41) is 0. The minimum atomic E-state index is -1.06. The summed E-state index contributed by atoms with van der Waals surface area (Å²) in [6.07, 6.45) is 7.03. The van der Waals surface area contributed by atoms with E-state index in [4.69, 9.17) is 18.9 Å². The fourth-order valence-corrected chi connectivity index (χ4v) is 10.9. The first kappa shape index (κ1) is 26.7. The summed E-state index contributed by atoms with van der Waals surface area (Å²) < 4.78 is 24.7. The number of carbonyl (C=O) groups is 3. The van der Waals surface area contributed by atoms with Gasteiger partial charge in [-0.15, -0.1) is 0 Å². The molecule has 2 heterocycles. The fourth-order valence-electron chi connectivity index (χ4n) is 10.9. The van der Waals surface area contributed by atoms with Crippen molar-refractivity contribution in [3.05, 3.63) is 0 Å². The molecule has 6 rings (SSSR count). The van der Waals surface area contributed by atoms with Crippen LogP contribution < -0.4 is 0 Å². The molecule has 6 aliphatic rings. The lowest BCUT2D eigenvalue weighted by Gasteiger charge is -2.62. The molecule has 13 atom stereocenters. The van der Waals surface area contributed by atoms with Crippen molar-refractivity contribution in [2.24, 2.45) is 52.3 Å². The Kier molecular flexibility index (Phi) is 6.35. The Labute approximate surface area is 227 Å². The zero-order valence-electron chi connectivity index (χ0n) is 24.0. The molecule has 0 aromatic heterocycles. The van der Waals surface area contributed by atoms with Crippen LogP contribution in [0, 0.1) is 52.3 Å². The molecule has 4 saturated carbocycles. The Balaban J connectivity index is 1.28. The van der Waals surface area contributed by atoms with Gasteiger partial charge in [0.1, 0.15) is 12.2 Å². The van der Waals surface area contributed by atoms with Gasteiger partial charge in [0.2, 0.25) is 5.79 Å². The molecule has 7 nitrogen and oxygen atoms in total. The molecule has 38 heavy (non-hydrogen) atoms. The van der Waals surface area contributed by atoms with Crippen LogP contribution in [0.1, 0.15) is 92.9 Å². The molecule has 4 aliphatic carbocycles. The highest BCUT2D eigenvalue weighted by molar-refractivity contribution is 5.87. The molecule has 2 saturated heterocycles. The molecule has 212 valence electrons. The molecular weight excluding hydrogens is 484 g/mol. The van der Waals surface area contributed by atoms with Crippen molar-refractivity contribution in [1.29, 1.82) is 0 Å². The second-order valence-electron chi connectivity index (χ2n) is 14.3. The standard InChI is InChI=1S/C31H46O7/c1-16-11-27(34)31(35-15-16)17(2)28-26(38-31)14-23-21-13-25(37-19(4)33)24-12-20(36-18(3)32)7-9-29(24,5)22(21)8-10-30(23,28)6/h16-17,20-26,28H,7-15H2,1-6H3/t16-,17+,20+,21-,22+,23+,24-,25-,26+,28+,29-,30+,31+/m1/s1. The van der Waals surface area contributed by atoms with Crippen LogP contribution in [0.3, 0.4) is 0 Å². The lowest BCUT2D eigenvalue weighted by atomic mass is 9.43. The van der Waals surface area contributed by atoms with Gasteiger partial charge in [-0.25, -0.2) is 0 Å². The van der Waals surface area contributed by atoms with E-state index in [-0.39, 0.29) is 64.6 Å². The van der Waals surface area contributed by atoms with E-state index in [0.29, 0.717) is 36.7 Å². The van der Waals surface area contributed by atoms with E-state index in [2.05, 4.69) is 27.7 Å². The molecular formula is C31H46O7. The smallest absolute Gasteiger partial charge is 0.302 e. The zero-order chi connectivity index (χ0) is 27.2. The van der Waals surface area contributed by atoms with Crippen LogP contribution in [-0.4, -0.2) is 48.4 Å². The summed E-state index contributed by atoms with van der Waals surface area (Å²) in [6, 6.07) is 0. The number of Topliss-reactive ketones (excluding diaryl/α,β-unsaturated/α-hetero) is 1. The summed E-state index contributed by atoms with van der Waals surface area (Å²) in [4.78, 5) is 37.2. The minimum Gasteiger partial charge on any atom is -0.463 e. The average Bonchev–Trinajstić information content (AvgIpc) is 3.28. The van der Waals surface area contributed by atoms with E-state index in [1.165, 1.54) is 13.8 Å². The predicted molar refractivity (Wildman–Crippen MR) is 139 cm³/mol. The van der Waals surface area contributed by atoms with E-state index in [1.54, 1.807) is 0 Å². The monoisotopic (exact) mass is 530 g/mol. The third kappa shape index (κ3) is 3.77. The Morgan fingerprint density at radius 2 is 1.61 bits per heavy atom. The summed E-state index contributed by atoms with van der Waals surface area (Å²) in [6.45, 7) is 12.7. The van der Waals surface area contributed by atoms with Crippen molar-refractivity contribution in [2.45, 2.75) is 117 Å². The molecule has 1 spiro atoms. The van der Waals surface area contributed by atoms with Gasteiger partial charge in [0.05, 0.1) is 12.7 Å². The maximum Gasteiger partial charge on any atom is 0.302 e. The number of hydrogen-bond acceptors (Lipinski definition) is 7. The summed E-state index contributed by atoms with van der Waals surface area (Å²) in [5.41, 5.74) is 0.116. The Morgan fingerprint density at radius 3 is 2.29 bits per heavy atom. The second kappa shape index (κ2) is 9.02. The molecule has 0 amide bonds. The zero-order valence-corrected chi connectivity index (χ0v) is 24.0. The van der Waals surface area contributed by atoms with Crippen molar-refractivity contribution < 1.29 is 33.3 Å². The SMILES string of the molecule is CC(=O)O[C@H]1CC[C@@]2(C)[C@H](C1)[C@H](OC(C)=O)C[C@@H]1[C@@H]2CC[C@]2(C)[C@@H]3[C@H](C[C@@H]12)O[C@@]1(OC[C@H](C)CC1=O)[C@H]3C. The van der Waals surface area contributed by atoms with Gasteiger partial charge in [0, 0.05) is 32.1 Å². The molecule has 0 aromatic carbocycles. The quantitative estimate of drug-likeness (QED) is 0.460. The van der Waals surface area contributed by atoms with Crippen molar-refractivity contribution in [3.63, 3.8) is 0 Å². The molecule has 0 bridgehead atoms. The Morgan fingerprint density at radius 1 is 0.895 bits per heavy atom. The van der Waals surface area contributed by atoms with Gasteiger partial charge in [0.25, 0.3) is 0 Å². The molecule has 0 unspecified atom stereocenters. The normalized spacial score (nSPS) is 53.5. The van der Waals surface area contributed by atoms with E-state index >= 15 is 0 Å². The fraction of sp³-hybridized carbons (Fsp3) is 0.903. The first-order valence-electron chi connectivity index (χ1n) is 15.1. The lowest BCUT2D eigenvalue weighted by Crippen LogP contribution is -2.60. The van der Waals surface area contributed by atoms with Gasteiger partial charge in [-0.3, -0.25) is 14.4 Å². The number of ketones is 1. The van der Waals surface area contributed by atoms with Crippen molar-refractivity contribution in [3.8, 4) is 0 Å². The topological polar surface area (TPSA) is 88.1 Å². The lowest BCUT2D eigenvalue weighted by molar-refractivity contribution is -0.253. The number of carbonyl (C=O) groups excluding carboxylic acids is 3. The molecule has 6 fully saturated rings. The third-order valence-electron chi connectivity index (χ3n) is 12.3. The number of esters is 2. The van der Waals surface area contributed by atoms with Gasteiger partial charge in [-0.1, -0.05) is 27.7 Å². The van der Waals surface area contributed by atoms with Gasteiger partial charge in [0.15, 0.2) is 5.78 Å². The van der Waals surface area contributed by atoms with E-state index < -0.39 is 5.79 Å². The molecule has 0 N–H and O–H groups in total. The van der Waals surface area contributed by atoms with Crippen LogP contribution in [-0.2, 0) is 33.3 Å². The van der Waals surface area contributed by atoms with Crippen LogP contribution >= 0.6 is 0 Å². The number of ether oxygens (including phenoxy) is 4. The molecule has 0 aromatic rings. The summed E-state index contributed by atoms with van der Waals surface area (Å²) in [7, 11) is 0. The van der Waals surface area contributed by atoms with Crippen molar-refractivity contribution in [2.75, 3.05) is 6.61 Å². The van der Waals surface area contributed by atoms with Crippen LogP contribution in [0.25, 0.3) is 0 Å². The van der Waals surface area contributed by atoms with Gasteiger partial charge in [-0.2, -0.15) is 0 Å². The Bertz CT molecular complexity index is 1010. The molecule has 2 aliphatic heterocycles. The summed E-state index contributed by atoms with van der Waals surface area (Å²) in [5.74, 6) is 0.839. The maximum absolute atomic E-state index is 13.3. The van der Waals surface area contributed by atoms with Gasteiger partial charge in [-0.05, 0) is 85.4 Å². The minimum absolute atomic E-state index is 0.0357. The van der Waals surface area contributed by atoms with E-state index in [1.807, 2.05) is 0 Å². The van der Waals surface area contributed by atoms with Gasteiger partial charge < -0.3 is 18.9 Å². The second-order valence-corrected chi connectivity index (χ2v) is 14.3. The number of hydrogen-bond donors (Lipinski definition) is 0. The van der Waals surface area contributed by atoms with Crippen LogP contribution in [0.15, 0.2) is 0 Å². The highest BCUT2D eigenvalue weighted by Gasteiger charge is 2.71. The van der Waals surface area contributed by atoms with Crippen LogP contribution in [0.2, 0.25) is 0 Å². The molecule has 0 radical (unpaired) electrons. The van der Waals surface area contributed by atoms with Crippen LogP contribution in [0.5, 0.6) is 0 Å². The van der Waals surface area contributed by atoms with Gasteiger partial charge >= 0.3 is 11.9 Å². The average molecular weight is 531 g/mol. The first-order chi connectivity index (χ1) is 17.9. The summed E-state index contributed by atoms with van der Waals surface area (Å²) >= 11 is 0. The van der Waals surface area contributed by atoms with Crippen molar-refractivity contribution >= 4 is 17.7 Å². The molecule has 7 heteroatoms. The third-order valence-corrected chi connectivity index (χ3v) is 12.3. The van der Waals surface area contributed by atoms with E-state index in [0.717, 1.165) is 44.9 Å². The maximum atomic E-state index is 13.3. The van der Waals surface area contributed by atoms with Crippen LogP contribution in [0.4, 0.5) is 0 Å². The number of fused-ring (bicyclic) bond motifs is 7.